The zero-order valence-corrected chi connectivity index (χ0v) is 13.1. The van der Waals surface area contributed by atoms with Gasteiger partial charge in [0.25, 0.3) is 5.91 Å². The number of rotatable bonds is 7. The highest BCUT2D eigenvalue weighted by molar-refractivity contribution is 5.93. The van der Waals surface area contributed by atoms with Gasteiger partial charge in [-0.2, -0.15) is 0 Å². The molecule has 2 aromatic rings. The van der Waals surface area contributed by atoms with Crippen molar-refractivity contribution < 1.29 is 4.79 Å². The van der Waals surface area contributed by atoms with Gasteiger partial charge in [0.15, 0.2) is 0 Å². The van der Waals surface area contributed by atoms with Gasteiger partial charge in [-0.05, 0) is 30.2 Å². The largest absolute Gasteiger partial charge is 0.374 e. The van der Waals surface area contributed by atoms with Crippen LogP contribution < -0.4 is 10.2 Å². The van der Waals surface area contributed by atoms with Crippen molar-refractivity contribution in [3.8, 4) is 0 Å². The van der Waals surface area contributed by atoms with E-state index in [1.165, 1.54) is 0 Å². The first-order valence-electron chi connectivity index (χ1n) is 7.55. The zero-order chi connectivity index (χ0) is 15.8. The van der Waals surface area contributed by atoms with E-state index in [2.05, 4.69) is 27.1 Å². The van der Waals surface area contributed by atoms with E-state index >= 15 is 0 Å². The molecule has 0 radical (unpaired) electrons. The molecule has 0 saturated carbocycles. The SMILES string of the molecule is CCCCN(C)c1ccnc(C(=O)NCc2cccnc2)c1. The molecule has 0 unspecified atom stereocenters. The number of pyridine rings is 2. The molecule has 2 rings (SSSR count). The van der Waals surface area contributed by atoms with Crippen LogP contribution in [0.15, 0.2) is 42.9 Å². The van der Waals surface area contributed by atoms with E-state index in [9.17, 15) is 4.79 Å². The summed E-state index contributed by atoms with van der Waals surface area (Å²) in [5.74, 6) is -0.172. The Morgan fingerprint density at radius 3 is 2.91 bits per heavy atom. The molecule has 0 fully saturated rings. The fourth-order valence-electron chi connectivity index (χ4n) is 2.08. The van der Waals surface area contributed by atoms with Crippen LogP contribution in [0.1, 0.15) is 35.8 Å². The van der Waals surface area contributed by atoms with Crippen LogP contribution in [0.5, 0.6) is 0 Å². The van der Waals surface area contributed by atoms with E-state index < -0.39 is 0 Å². The molecule has 0 aliphatic heterocycles. The van der Waals surface area contributed by atoms with Crippen molar-refractivity contribution in [3.63, 3.8) is 0 Å². The molecule has 0 atom stereocenters. The fraction of sp³-hybridized carbons (Fsp3) is 0.353. The van der Waals surface area contributed by atoms with Gasteiger partial charge in [0.05, 0.1) is 0 Å². The maximum atomic E-state index is 12.2. The lowest BCUT2D eigenvalue weighted by Crippen LogP contribution is -2.25. The lowest BCUT2D eigenvalue weighted by atomic mass is 10.2. The van der Waals surface area contributed by atoms with E-state index in [-0.39, 0.29) is 5.91 Å². The zero-order valence-electron chi connectivity index (χ0n) is 13.1. The van der Waals surface area contributed by atoms with E-state index in [4.69, 9.17) is 0 Å². The van der Waals surface area contributed by atoms with Gasteiger partial charge in [-0.3, -0.25) is 14.8 Å². The number of unbranched alkanes of at least 4 members (excludes halogenated alkanes) is 1. The molecule has 2 heterocycles. The Morgan fingerprint density at radius 1 is 1.32 bits per heavy atom. The standard InChI is InChI=1S/C17H22N4O/c1-3-4-10-21(2)15-7-9-19-16(11-15)17(22)20-13-14-6-5-8-18-12-14/h5-9,11-12H,3-4,10,13H2,1-2H3,(H,20,22). The molecule has 0 saturated heterocycles. The number of carbonyl (C=O) groups is 1. The predicted octanol–water partition coefficient (Wildman–Crippen LogP) is 2.64. The summed E-state index contributed by atoms with van der Waals surface area (Å²) in [7, 11) is 2.03. The van der Waals surface area contributed by atoms with Crippen LogP contribution in [0.25, 0.3) is 0 Å². The summed E-state index contributed by atoms with van der Waals surface area (Å²) in [5, 5.41) is 2.86. The third-order valence-corrected chi connectivity index (χ3v) is 3.44. The molecular weight excluding hydrogens is 276 g/mol. The normalized spacial score (nSPS) is 10.3. The highest BCUT2D eigenvalue weighted by atomic mass is 16.1. The monoisotopic (exact) mass is 298 g/mol. The first-order valence-corrected chi connectivity index (χ1v) is 7.55. The lowest BCUT2D eigenvalue weighted by molar-refractivity contribution is 0.0946. The molecule has 22 heavy (non-hydrogen) atoms. The van der Waals surface area contributed by atoms with Crippen LogP contribution in [-0.2, 0) is 6.54 Å². The summed E-state index contributed by atoms with van der Waals surface area (Å²) in [6, 6.07) is 7.53. The summed E-state index contributed by atoms with van der Waals surface area (Å²) < 4.78 is 0. The highest BCUT2D eigenvalue weighted by Gasteiger charge is 2.09. The fourth-order valence-corrected chi connectivity index (χ4v) is 2.08. The average Bonchev–Trinajstić information content (AvgIpc) is 2.58. The first kappa shape index (κ1) is 15.9. The Morgan fingerprint density at radius 2 is 2.18 bits per heavy atom. The minimum Gasteiger partial charge on any atom is -0.374 e. The Kier molecular flexibility index (Phi) is 5.89. The van der Waals surface area contributed by atoms with Crippen LogP contribution in [0.4, 0.5) is 5.69 Å². The van der Waals surface area contributed by atoms with Gasteiger partial charge in [-0.1, -0.05) is 19.4 Å². The smallest absolute Gasteiger partial charge is 0.270 e. The molecule has 0 spiro atoms. The van der Waals surface area contributed by atoms with Crippen molar-refractivity contribution in [2.24, 2.45) is 0 Å². The number of carbonyl (C=O) groups excluding carboxylic acids is 1. The second kappa shape index (κ2) is 8.12. The second-order valence-corrected chi connectivity index (χ2v) is 5.22. The number of hydrogen-bond donors (Lipinski definition) is 1. The third kappa shape index (κ3) is 4.55. The molecule has 0 aliphatic rings. The van der Waals surface area contributed by atoms with Gasteiger partial charge in [0.2, 0.25) is 0 Å². The minimum absolute atomic E-state index is 0.172. The van der Waals surface area contributed by atoms with Crippen LogP contribution in [0, 0.1) is 0 Å². The van der Waals surface area contributed by atoms with Crippen molar-refractivity contribution in [3.05, 3.63) is 54.1 Å². The van der Waals surface area contributed by atoms with Crippen LogP contribution in [0.2, 0.25) is 0 Å². The Balaban J connectivity index is 1.97. The number of aromatic nitrogens is 2. The van der Waals surface area contributed by atoms with Crippen LogP contribution in [-0.4, -0.2) is 29.5 Å². The third-order valence-electron chi connectivity index (χ3n) is 3.44. The topological polar surface area (TPSA) is 58.1 Å². The molecule has 1 amide bonds. The van der Waals surface area contributed by atoms with Gasteiger partial charge in [-0.25, -0.2) is 0 Å². The maximum Gasteiger partial charge on any atom is 0.270 e. The number of anilines is 1. The quantitative estimate of drug-likeness (QED) is 0.853. The maximum absolute atomic E-state index is 12.2. The van der Waals surface area contributed by atoms with Crippen molar-refractivity contribution in [2.45, 2.75) is 26.3 Å². The van der Waals surface area contributed by atoms with E-state index in [0.29, 0.717) is 12.2 Å². The van der Waals surface area contributed by atoms with Crippen molar-refractivity contribution in [1.29, 1.82) is 0 Å². The average molecular weight is 298 g/mol. The van der Waals surface area contributed by atoms with Gasteiger partial charge < -0.3 is 10.2 Å². The lowest BCUT2D eigenvalue weighted by Gasteiger charge is -2.19. The number of nitrogens with one attached hydrogen (secondary N) is 1. The van der Waals surface area contributed by atoms with Crippen molar-refractivity contribution >= 4 is 11.6 Å². The second-order valence-electron chi connectivity index (χ2n) is 5.22. The van der Waals surface area contributed by atoms with Gasteiger partial charge in [0.1, 0.15) is 5.69 Å². The molecule has 5 nitrogen and oxygen atoms in total. The molecule has 2 aromatic heterocycles. The highest BCUT2D eigenvalue weighted by Crippen LogP contribution is 2.13. The molecule has 0 aliphatic carbocycles. The minimum atomic E-state index is -0.172. The summed E-state index contributed by atoms with van der Waals surface area (Å²) in [5.41, 5.74) is 2.41. The van der Waals surface area contributed by atoms with E-state index in [1.807, 2.05) is 31.3 Å². The Labute approximate surface area is 131 Å². The van der Waals surface area contributed by atoms with Crippen molar-refractivity contribution in [1.82, 2.24) is 15.3 Å². The van der Waals surface area contributed by atoms with Crippen LogP contribution >= 0.6 is 0 Å². The van der Waals surface area contributed by atoms with Gasteiger partial charge in [0, 0.05) is 44.4 Å². The summed E-state index contributed by atoms with van der Waals surface area (Å²) >= 11 is 0. The Bertz CT molecular complexity index is 601. The van der Waals surface area contributed by atoms with E-state index in [1.54, 1.807) is 18.6 Å². The molecule has 0 bridgehead atoms. The number of amides is 1. The first-order chi connectivity index (χ1) is 10.7. The molecule has 0 aromatic carbocycles. The number of nitrogens with zero attached hydrogens (tertiary/aromatic N) is 3. The summed E-state index contributed by atoms with van der Waals surface area (Å²) in [4.78, 5) is 22.5. The Hall–Kier alpha value is -2.43. The van der Waals surface area contributed by atoms with Crippen LogP contribution in [0.3, 0.4) is 0 Å². The van der Waals surface area contributed by atoms with Crippen molar-refractivity contribution in [2.75, 3.05) is 18.5 Å². The number of hydrogen-bond acceptors (Lipinski definition) is 4. The predicted molar refractivity (Wildman–Crippen MR) is 87.8 cm³/mol. The van der Waals surface area contributed by atoms with E-state index in [0.717, 1.165) is 30.6 Å². The van der Waals surface area contributed by atoms with Gasteiger partial charge in [-0.15, -0.1) is 0 Å². The summed E-state index contributed by atoms with van der Waals surface area (Å²) in [6.07, 6.45) is 7.40. The molecule has 116 valence electrons. The molecule has 5 heteroatoms. The molecule has 1 N–H and O–H groups in total. The summed E-state index contributed by atoms with van der Waals surface area (Å²) in [6.45, 7) is 3.58. The van der Waals surface area contributed by atoms with Gasteiger partial charge >= 0.3 is 0 Å². The molecular formula is C17H22N4O.